The lowest BCUT2D eigenvalue weighted by Crippen LogP contribution is -2.48. The van der Waals surface area contributed by atoms with Gasteiger partial charge in [-0.05, 0) is 49.9 Å². The van der Waals surface area contributed by atoms with Gasteiger partial charge in [0.25, 0.3) is 0 Å². The molecule has 0 spiro atoms. The molecule has 1 heterocycles. The molecule has 2 fully saturated rings. The fraction of sp³-hybridized carbons (Fsp3) is 0.647. The number of rotatable bonds is 6. The van der Waals surface area contributed by atoms with Gasteiger partial charge in [-0.2, -0.15) is 0 Å². The SMILES string of the molecule is CC(NCCN1CCN(c2ccc(Cl)cc2)CC1)C1CC1. The number of nitrogens with zero attached hydrogens (tertiary/aromatic N) is 2. The van der Waals surface area contributed by atoms with Crippen LogP contribution in [-0.4, -0.2) is 50.2 Å². The fourth-order valence-corrected chi connectivity index (χ4v) is 3.22. The first-order valence-electron chi connectivity index (χ1n) is 8.18. The second kappa shape index (κ2) is 6.99. The summed E-state index contributed by atoms with van der Waals surface area (Å²) < 4.78 is 0. The number of anilines is 1. The van der Waals surface area contributed by atoms with Gasteiger partial charge >= 0.3 is 0 Å². The highest BCUT2D eigenvalue weighted by atomic mass is 35.5. The van der Waals surface area contributed by atoms with Crippen molar-refractivity contribution < 1.29 is 0 Å². The minimum absolute atomic E-state index is 0.709. The molecule has 116 valence electrons. The van der Waals surface area contributed by atoms with Crippen LogP contribution in [0.4, 0.5) is 5.69 Å². The zero-order valence-corrected chi connectivity index (χ0v) is 13.6. The molecule has 1 atom stereocenters. The molecule has 1 aromatic rings. The van der Waals surface area contributed by atoms with Gasteiger partial charge in [-0.1, -0.05) is 11.6 Å². The average molecular weight is 308 g/mol. The van der Waals surface area contributed by atoms with E-state index in [4.69, 9.17) is 11.6 Å². The molecule has 1 unspecified atom stereocenters. The van der Waals surface area contributed by atoms with Gasteiger partial charge in [0.15, 0.2) is 0 Å². The summed E-state index contributed by atoms with van der Waals surface area (Å²) in [6.07, 6.45) is 2.85. The van der Waals surface area contributed by atoms with E-state index in [-0.39, 0.29) is 0 Å². The maximum atomic E-state index is 5.95. The quantitative estimate of drug-likeness (QED) is 0.872. The lowest BCUT2D eigenvalue weighted by atomic mass is 10.2. The van der Waals surface area contributed by atoms with Crippen LogP contribution in [-0.2, 0) is 0 Å². The Bertz CT molecular complexity index is 436. The molecule has 0 bridgehead atoms. The largest absolute Gasteiger partial charge is 0.369 e. The Balaban J connectivity index is 1.37. The summed E-state index contributed by atoms with van der Waals surface area (Å²) >= 11 is 5.95. The molecular weight excluding hydrogens is 282 g/mol. The monoisotopic (exact) mass is 307 g/mol. The zero-order valence-electron chi connectivity index (χ0n) is 12.9. The van der Waals surface area contributed by atoms with Crippen LogP contribution in [0.25, 0.3) is 0 Å². The van der Waals surface area contributed by atoms with Crippen LogP contribution in [0.3, 0.4) is 0 Å². The van der Waals surface area contributed by atoms with Gasteiger partial charge in [0.05, 0.1) is 0 Å². The maximum absolute atomic E-state index is 5.95. The van der Waals surface area contributed by atoms with Crippen molar-refractivity contribution in [3.8, 4) is 0 Å². The predicted octanol–water partition coefficient (Wildman–Crippen LogP) is 2.85. The Hall–Kier alpha value is -0.770. The van der Waals surface area contributed by atoms with Crippen LogP contribution in [0.5, 0.6) is 0 Å². The first-order valence-corrected chi connectivity index (χ1v) is 8.56. The second-order valence-corrected chi connectivity index (χ2v) is 6.82. The van der Waals surface area contributed by atoms with Crippen LogP contribution in [0.15, 0.2) is 24.3 Å². The molecule has 1 aliphatic heterocycles. The van der Waals surface area contributed by atoms with Crippen molar-refractivity contribution in [2.45, 2.75) is 25.8 Å². The van der Waals surface area contributed by atoms with Gasteiger partial charge < -0.3 is 10.2 Å². The van der Waals surface area contributed by atoms with Crippen molar-refractivity contribution >= 4 is 17.3 Å². The molecule has 2 aliphatic rings. The summed E-state index contributed by atoms with van der Waals surface area (Å²) in [6, 6.07) is 8.91. The molecule has 21 heavy (non-hydrogen) atoms. The van der Waals surface area contributed by atoms with E-state index in [1.54, 1.807) is 0 Å². The second-order valence-electron chi connectivity index (χ2n) is 6.39. The number of hydrogen-bond donors (Lipinski definition) is 1. The number of benzene rings is 1. The number of piperazine rings is 1. The topological polar surface area (TPSA) is 18.5 Å². The highest BCUT2D eigenvalue weighted by molar-refractivity contribution is 6.30. The Morgan fingerprint density at radius 3 is 2.43 bits per heavy atom. The third-order valence-electron chi connectivity index (χ3n) is 4.79. The van der Waals surface area contributed by atoms with Crippen LogP contribution < -0.4 is 10.2 Å². The number of hydrogen-bond acceptors (Lipinski definition) is 3. The van der Waals surface area contributed by atoms with E-state index in [0.29, 0.717) is 6.04 Å². The number of nitrogens with one attached hydrogen (secondary N) is 1. The smallest absolute Gasteiger partial charge is 0.0407 e. The Morgan fingerprint density at radius 1 is 1.14 bits per heavy atom. The van der Waals surface area contributed by atoms with Gasteiger partial charge in [0.2, 0.25) is 0 Å². The van der Waals surface area contributed by atoms with Crippen molar-refractivity contribution in [1.82, 2.24) is 10.2 Å². The minimum atomic E-state index is 0.709. The van der Waals surface area contributed by atoms with Crippen molar-refractivity contribution in [3.63, 3.8) is 0 Å². The van der Waals surface area contributed by atoms with E-state index in [2.05, 4.69) is 34.2 Å². The van der Waals surface area contributed by atoms with Gasteiger partial charge in [0, 0.05) is 56.0 Å². The lowest BCUT2D eigenvalue weighted by Gasteiger charge is -2.36. The first kappa shape index (κ1) is 15.1. The highest BCUT2D eigenvalue weighted by Gasteiger charge is 2.27. The summed E-state index contributed by atoms with van der Waals surface area (Å²) in [7, 11) is 0. The van der Waals surface area contributed by atoms with E-state index in [1.165, 1.54) is 25.1 Å². The predicted molar refractivity (Wildman–Crippen MR) is 90.3 cm³/mol. The summed E-state index contributed by atoms with van der Waals surface area (Å²) in [4.78, 5) is 5.02. The summed E-state index contributed by atoms with van der Waals surface area (Å²) in [6.45, 7) is 9.16. The van der Waals surface area contributed by atoms with Crippen LogP contribution in [0.2, 0.25) is 5.02 Å². The maximum Gasteiger partial charge on any atom is 0.0407 e. The van der Waals surface area contributed by atoms with Gasteiger partial charge in [-0.15, -0.1) is 0 Å². The molecule has 1 N–H and O–H groups in total. The molecule has 0 amide bonds. The van der Waals surface area contributed by atoms with E-state index in [0.717, 1.165) is 43.7 Å². The molecule has 0 radical (unpaired) electrons. The van der Waals surface area contributed by atoms with Gasteiger partial charge in [-0.25, -0.2) is 0 Å². The first-order chi connectivity index (χ1) is 10.2. The highest BCUT2D eigenvalue weighted by Crippen LogP contribution is 2.32. The minimum Gasteiger partial charge on any atom is -0.369 e. The molecule has 1 saturated heterocycles. The molecule has 4 heteroatoms. The van der Waals surface area contributed by atoms with Crippen molar-refractivity contribution in [3.05, 3.63) is 29.3 Å². The van der Waals surface area contributed by atoms with E-state index in [1.807, 2.05) is 12.1 Å². The molecule has 0 aromatic heterocycles. The van der Waals surface area contributed by atoms with Crippen molar-refractivity contribution in [2.75, 3.05) is 44.2 Å². The van der Waals surface area contributed by atoms with Crippen molar-refractivity contribution in [2.24, 2.45) is 5.92 Å². The Labute approximate surface area is 133 Å². The summed E-state index contributed by atoms with van der Waals surface area (Å²) in [5, 5.41) is 4.48. The normalized spacial score (nSPS) is 21.5. The van der Waals surface area contributed by atoms with Gasteiger partial charge in [0.1, 0.15) is 0 Å². The molecule has 1 aliphatic carbocycles. The summed E-state index contributed by atoms with van der Waals surface area (Å²) in [5.41, 5.74) is 1.29. The van der Waals surface area contributed by atoms with Crippen LogP contribution >= 0.6 is 11.6 Å². The molecule has 3 nitrogen and oxygen atoms in total. The van der Waals surface area contributed by atoms with Crippen molar-refractivity contribution in [1.29, 1.82) is 0 Å². The van der Waals surface area contributed by atoms with E-state index < -0.39 is 0 Å². The van der Waals surface area contributed by atoms with E-state index in [9.17, 15) is 0 Å². The van der Waals surface area contributed by atoms with Gasteiger partial charge in [-0.3, -0.25) is 4.90 Å². The third kappa shape index (κ3) is 4.35. The third-order valence-corrected chi connectivity index (χ3v) is 5.04. The van der Waals surface area contributed by atoms with Crippen LogP contribution in [0, 0.1) is 5.92 Å². The standard InChI is InChI=1S/C17H26ClN3/c1-14(15-2-3-15)19-8-9-20-10-12-21(13-11-20)17-6-4-16(18)5-7-17/h4-7,14-15,19H,2-3,8-13H2,1H3. The summed E-state index contributed by atoms with van der Waals surface area (Å²) in [5.74, 6) is 0.951. The average Bonchev–Trinajstić information content (AvgIpc) is 3.33. The zero-order chi connectivity index (χ0) is 14.7. The van der Waals surface area contributed by atoms with Crippen LogP contribution in [0.1, 0.15) is 19.8 Å². The Morgan fingerprint density at radius 2 is 1.81 bits per heavy atom. The molecular formula is C17H26ClN3. The molecule has 1 saturated carbocycles. The Kier molecular flexibility index (Phi) is 5.04. The number of halogens is 1. The molecule has 1 aromatic carbocycles. The van der Waals surface area contributed by atoms with E-state index >= 15 is 0 Å². The molecule has 3 rings (SSSR count). The lowest BCUT2D eigenvalue weighted by molar-refractivity contribution is 0.253. The fourth-order valence-electron chi connectivity index (χ4n) is 3.09.